The van der Waals surface area contributed by atoms with Gasteiger partial charge in [0.2, 0.25) is 0 Å². The van der Waals surface area contributed by atoms with Crippen molar-refractivity contribution in [2.75, 3.05) is 14.2 Å². The fourth-order valence-electron chi connectivity index (χ4n) is 2.28. The van der Waals surface area contributed by atoms with Crippen molar-refractivity contribution < 1.29 is 9.47 Å². The minimum Gasteiger partial charge on any atom is -0.496 e. The molecule has 2 aromatic rings. The van der Waals surface area contributed by atoms with E-state index in [4.69, 9.17) is 21.1 Å². The fourth-order valence-corrected chi connectivity index (χ4v) is 2.48. The minimum absolute atomic E-state index is 0.157. The van der Waals surface area contributed by atoms with Crippen LogP contribution in [0.15, 0.2) is 42.5 Å². The Kier molecular flexibility index (Phi) is 5.48. The van der Waals surface area contributed by atoms with Gasteiger partial charge in [-0.3, -0.25) is 0 Å². The first kappa shape index (κ1) is 15.7. The molecule has 0 spiro atoms. The zero-order valence-corrected chi connectivity index (χ0v) is 13.3. The number of para-hydroxylation sites is 1. The molecule has 0 bridgehead atoms. The molecule has 2 aromatic carbocycles. The Bertz CT molecular complexity index is 601. The lowest BCUT2D eigenvalue weighted by molar-refractivity contribution is 0.397. The predicted molar refractivity (Wildman–Crippen MR) is 86.3 cm³/mol. The Morgan fingerprint density at radius 3 is 2.48 bits per heavy atom. The lowest BCUT2D eigenvalue weighted by Gasteiger charge is -2.18. The third-order valence-electron chi connectivity index (χ3n) is 3.45. The molecular weight excluding hydrogens is 286 g/mol. The number of rotatable bonds is 6. The molecule has 0 radical (unpaired) electrons. The molecule has 0 amide bonds. The molecule has 0 fully saturated rings. The topological polar surface area (TPSA) is 30.5 Å². The molecule has 0 saturated carbocycles. The second-order valence-electron chi connectivity index (χ2n) is 4.80. The van der Waals surface area contributed by atoms with E-state index in [0.717, 1.165) is 22.6 Å². The highest BCUT2D eigenvalue weighted by Crippen LogP contribution is 2.26. The van der Waals surface area contributed by atoms with E-state index in [1.807, 2.05) is 36.4 Å². The second-order valence-corrected chi connectivity index (χ2v) is 5.24. The Morgan fingerprint density at radius 1 is 1.05 bits per heavy atom. The number of halogens is 1. The molecule has 3 nitrogen and oxygen atoms in total. The molecule has 0 aliphatic rings. The maximum Gasteiger partial charge on any atom is 0.123 e. The molecule has 1 N–H and O–H groups in total. The van der Waals surface area contributed by atoms with E-state index in [1.165, 1.54) is 0 Å². The molecule has 21 heavy (non-hydrogen) atoms. The van der Waals surface area contributed by atoms with Crippen molar-refractivity contribution in [2.45, 2.75) is 19.5 Å². The summed E-state index contributed by atoms with van der Waals surface area (Å²) in [6, 6.07) is 13.8. The molecule has 0 aliphatic carbocycles. The quantitative estimate of drug-likeness (QED) is 0.867. The molecule has 0 heterocycles. The van der Waals surface area contributed by atoms with Gasteiger partial charge in [0.1, 0.15) is 11.5 Å². The summed E-state index contributed by atoms with van der Waals surface area (Å²) >= 11 is 6.05. The number of methoxy groups -OCH3 is 2. The van der Waals surface area contributed by atoms with Crippen molar-refractivity contribution >= 4 is 11.6 Å². The fraction of sp³-hybridized carbons (Fsp3) is 0.294. The summed E-state index contributed by atoms with van der Waals surface area (Å²) in [6.07, 6.45) is 0. The van der Waals surface area contributed by atoms with Gasteiger partial charge in [0.05, 0.1) is 14.2 Å². The first-order valence-corrected chi connectivity index (χ1v) is 7.22. The smallest absolute Gasteiger partial charge is 0.123 e. The van der Waals surface area contributed by atoms with Crippen molar-refractivity contribution in [3.8, 4) is 11.5 Å². The lowest BCUT2D eigenvalue weighted by atomic mass is 10.1. The summed E-state index contributed by atoms with van der Waals surface area (Å²) in [4.78, 5) is 0. The van der Waals surface area contributed by atoms with Crippen LogP contribution in [-0.4, -0.2) is 14.2 Å². The van der Waals surface area contributed by atoms with Gasteiger partial charge in [-0.05, 0) is 31.2 Å². The van der Waals surface area contributed by atoms with Crippen molar-refractivity contribution in [1.82, 2.24) is 5.32 Å². The van der Waals surface area contributed by atoms with Crippen LogP contribution in [0.1, 0.15) is 24.1 Å². The maximum absolute atomic E-state index is 6.05. The predicted octanol–water partition coefficient (Wildman–Crippen LogP) is 4.21. The Labute approximate surface area is 130 Å². The van der Waals surface area contributed by atoms with E-state index < -0.39 is 0 Å². The summed E-state index contributed by atoms with van der Waals surface area (Å²) in [5, 5.41) is 4.18. The highest BCUT2D eigenvalue weighted by molar-refractivity contribution is 6.30. The van der Waals surface area contributed by atoms with Gasteiger partial charge in [0, 0.05) is 28.7 Å². The summed E-state index contributed by atoms with van der Waals surface area (Å²) in [7, 11) is 3.35. The maximum atomic E-state index is 6.05. The van der Waals surface area contributed by atoms with Crippen LogP contribution in [0.5, 0.6) is 11.5 Å². The van der Waals surface area contributed by atoms with Crippen LogP contribution >= 0.6 is 11.6 Å². The summed E-state index contributed by atoms with van der Waals surface area (Å²) in [5.74, 6) is 1.72. The van der Waals surface area contributed by atoms with Crippen LogP contribution in [-0.2, 0) is 6.54 Å². The average molecular weight is 306 g/mol. The molecule has 1 unspecified atom stereocenters. The third-order valence-corrected chi connectivity index (χ3v) is 3.68. The van der Waals surface area contributed by atoms with E-state index in [2.05, 4.69) is 18.3 Å². The van der Waals surface area contributed by atoms with E-state index in [1.54, 1.807) is 14.2 Å². The first-order chi connectivity index (χ1) is 10.2. The minimum atomic E-state index is 0.157. The van der Waals surface area contributed by atoms with Crippen LogP contribution in [0.3, 0.4) is 0 Å². The van der Waals surface area contributed by atoms with Gasteiger partial charge in [-0.15, -0.1) is 0 Å². The number of hydrogen-bond acceptors (Lipinski definition) is 3. The number of nitrogens with one attached hydrogen (secondary N) is 1. The van der Waals surface area contributed by atoms with Gasteiger partial charge in [0.25, 0.3) is 0 Å². The first-order valence-electron chi connectivity index (χ1n) is 6.84. The Balaban J connectivity index is 2.11. The SMILES string of the molecule is COc1ccc(Cl)cc1CNC(C)c1ccccc1OC. The lowest BCUT2D eigenvalue weighted by Crippen LogP contribution is -2.19. The van der Waals surface area contributed by atoms with Crippen LogP contribution in [0.4, 0.5) is 0 Å². The third kappa shape index (κ3) is 3.90. The summed E-state index contributed by atoms with van der Waals surface area (Å²) in [5.41, 5.74) is 2.16. The van der Waals surface area contributed by atoms with Crippen LogP contribution in [0.25, 0.3) is 0 Å². The molecular formula is C17H20ClNO2. The van der Waals surface area contributed by atoms with Crippen molar-refractivity contribution in [1.29, 1.82) is 0 Å². The number of ether oxygens (including phenoxy) is 2. The van der Waals surface area contributed by atoms with Crippen LogP contribution < -0.4 is 14.8 Å². The summed E-state index contributed by atoms with van der Waals surface area (Å²) < 4.78 is 10.8. The van der Waals surface area contributed by atoms with Gasteiger partial charge < -0.3 is 14.8 Å². The number of hydrogen-bond donors (Lipinski definition) is 1. The van der Waals surface area contributed by atoms with Gasteiger partial charge in [-0.25, -0.2) is 0 Å². The van der Waals surface area contributed by atoms with Crippen molar-refractivity contribution in [3.63, 3.8) is 0 Å². The van der Waals surface area contributed by atoms with Gasteiger partial charge >= 0.3 is 0 Å². The number of benzene rings is 2. The molecule has 0 aliphatic heterocycles. The molecule has 0 aromatic heterocycles. The zero-order valence-electron chi connectivity index (χ0n) is 12.5. The highest BCUT2D eigenvalue weighted by atomic mass is 35.5. The monoisotopic (exact) mass is 305 g/mol. The molecule has 112 valence electrons. The molecule has 1 atom stereocenters. The van der Waals surface area contributed by atoms with E-state index >= 15 is 0 Å². The van der Waals surface area contributed by atoms with Crippen LogP contribution in [0.2, 0.25) is 5.02 Å². The van der Waals surface area contributed by atoms with Gasteiger partial charge in [0.15, 0.2) is 0 Å². The standard InChI is InChI=1S/C17H20ClNO2/c1-12(15-6-4-5-7-17(15)21-3)19-11-13-10-14(18)8-9-16(13)20-2/h4-10,12,19H,11H2,1-3H3. The van der Waals surface area contributed by atoms with E-state index in [9.17, 15) is 0 Å². The highest BCUT2D eigenvalue weighted by Gasteiger charge is 2.11. The van der Waals surface area contributed by atoms with Crippen molar-refractivity contribution in [2.24, 2.45) is 0 Å². The Morgan fingerprint density at radius 2 is 1.76 bits per heavy atom. The average Bonchev–Trinajstić information content (AvgIpc) is 2.52. The summed E-state index contributed by atoms with van der Waals surface area (Å²) in [6.45, 7) is 2.78. The van der Waals surface area contributed by atoms with Crippen molar-refractivity contribution in [3.05, 3.63) is 58.6 Å². The van der Waals surface area contributed by atoms with Gasteiger partial charge in [-0.1, -0.05) is 29.8 Å². The zero-order chi connectivity index (χ0) is 15.2. The normalized spacial score (nSPS) is 12.0. The van der Waals surface area contributed by atoms with E-state index in [0.29, 0.717) is 11.6 Å². The van der Waals surface area contributed by atoms with Gasteiger partial charge in [-0.2, -0.15) is 0 Å². The molecule has 0 saturated heterocycles. The molecule has 2 rings (SSSR count). The Hall–Kier alpha value is -1.71. The van der Waals surface area contributed by atoms with Crippen LogP contribution in [0, 0.1) is 0 Å². The largest absolute Gasteiger partial charge is 0.496 e. The second kappa shape index (κ2) is 7.34. The van der Waals surface area contributed by atoms with E-state index in [-0.39, 0.29) is 6.04 Å². The molecule has 4 heteroatoms.